The summed E-state index contributed by atoms with van der Waals surface area (Å²) in [5, 5.41) is 0.593. The maximum atomic E-state index is 11.8. The number of hydrogen-bond acceptors (Lipinski definition) is 4. The predicted molar refractivity (Wildman–Crippen MR) is 80.0 cm³/mol. The van der Waals surface area contributed by atoms with E-state index in [1.165, 1.54) is 34.8 Å². The largest absolute Gasteiger partial charge is 0.339 e. The number of aromatic nitrogens is 4. The number of thioether (sulfide) groups is 1. The van der Waals surface area contributed by atoms with Gasteiger partial charge < -0.3 is 4.98 Å². The van der Waals surface area contributed by atoms with Crippen LogP contribution in [0.1, 0.15) is 16.7 Å². The first-order valence-electron chi connectivity index (χ1n) is 6.26. The number of H-pyrrole nitrogens is 2. The average molecular weight is 286 g/mol. The quantitative estimate of drug-likeness (QED) is 0.573. The Balaban J connectivity index is 1.86. The second kappa shape index (κ2) is 5.13. The number of rotatable bonds is 3. The van der Waals surface area contributed by atoms with Crippen LogP contribution in [0.3, 0.4) is 0 Å². The molecule has 0 unspecified atom stereocenters. The molecule has 102 valence electrons. The maximum absolute atomic E-state index is 11.8. The average Bonchev–Trinajstić information content (AvgIpc) is 2.89. The molecule has 6 heteroatoms. The monoisotopic (exact) mass is 286 g/mol. The highest BCUT2D eigenvalue weighted by atomic mass is 32.2. The van der Waals surface area contributed by atoms with E-state index in [9.17, 15) is 4.79 Å². The summed E-state index contributed by atoms with van der Waals surface area (Å²) < 4.78 is 0. The number of hydrogen-bond donors (Lipinski definition) is 2. The number of fused-ring (bicyclic) bond motifs is 1. The van der Waals surface area contributed by atoms with E-state index >= 15 is 0 Å². The molecule has 2 heterocycles. The Morgan fingerprint density at radius 2 is 2.15 bits per heavy atom. The van der Waals surface area contributed by atoms with Crippen LogP contribution in [0.5, 0.6) is 0 Å². The Hall–Kier alpha value is -2.08. The molecule has 2 N–H and O–H groups in total. The van der Waals surface area contributed by atoms with Gasteiger partial charge in [-0.3, -0.25) is 9.78 Å². The SMILES string of the molecule is Cc1ccc(C)c(CSc2nc3nc[nH]c3c(=O)[nH]2)c1. The van der Waals surface area contributed by atoms with Gasteiger partial charge in [-0.05, 0) is 25.0 Å². The predicted octanol–water partition coefficient (Wildman–Crippen LogP) is 2.56. The van der Waals surface area contributed by atoms with E-state index in [0.29, 0.717) is 16.3 Å². The minimum atomic E-state index is -0.184. The highest BCUT2D eigenvalue weighted by molar-refractivity contribution is 7.98. The second-order valence-electron chi connectivity index (χ2n) is 4.69. The molecule has 3 rings (SSSR count). The van der Waals surface area contributed by atoms with Crippen molar-refractivity contribution in [2.24, 2.45) is 0 Å². The molecule has 0 spiro atoms. The zero-order valence-corrected chi connectivity index (χ0v) is 12.0. The highest BCUT2D eigenvalue weighted by Gasteiger charge is 2.07. The molecule has 0 saturated carbocycles. The zero-order valence-electron chi connectivity index (χ0n) is 11.2. The van der Waals surface area contributed by atoms with Crippen LogP contribution in [-0.2, 0) is 5.75 Å². The first-order chi connectivity index (χ1) is 9.63. The van der Waals surface area contributed by atoms with Gasteiger partial charge in [-0.1, -0.05) is 35.5 Å². The van der Waals surface area contributed by atoms with Crippen LogP contribution in [0.4, 0.5) is 0 Å². The van der Waals surface area contributed by atoms with E-state index in [1.54, 1.807) is 0 Å². The number of aryl methyl sites for hydroxylation is 2. The van der Waals surface area contributed by atoms with E-state index in [4.69, 9.17) is 0 Å². The summed E-state index contributed by atoms with van der Waals surface area (Å²) in [7, 11) is 0. The third kappa shape index (κ3) is 2.46. The zero-order chi connectivity index (χ0) is 14.1. The summed E-state index contributed by atoms with van der Waals surface area (Å²) in [6.07, 6.45) is 1.48. The summed E-state index contributed by atoms with van der Waals surface area (Å²) in [6.45, 7) is 4.16. The van der Waals surface area contributed by atoms with Gasteiger partial charge in [0.1, 0.15) is 0 Å². The number of imidazole rings is 1. The lowest BCUT2D eigenvalue weighted by Gasteiger charge is -2.06. The van der Waals surface area contributed by atoms with E-state index < -0.39 is 0 Å². The van der Waals surface area contributed by atoms with Gasteiger partial charge in [-0.2, -0.15) is 0 Å². The summed E-state index contributed by atoms with van der Waals surface area (Å²) in [5.41, 5.74) is 4.41. The summed E-state index contributed by atoms with van der Waals surface area (Å²) in [6, 6.07) is 6.37. The lowest BCUT2D eigenvalue weighted by Crippen LogP contribution is -2.09. The van der Waals surface area contributed by atoms with Crippen LogP contribution < -0.4 is 5.56 Å². The van der Waals surface area contributed by atoms with E-state index in [0.717, 1.165) is 5.75 Å². The molecular formula is C14H14N4OS. The van der Waals surface area contributed by atoms with Gasteiger partial charge in [0, 0.05) is 5.75 Å². The number of nitrogens with one attached hydrogen (secondary N) is 2. The van der Waals surface area contributed by atoms with Crippen LogP contribution in [0, 0.1) is 13.8 Å². The molecule has 0 saturated heterocycles. The van der Waals surface area contributed by atoms with Gasteiger partial charge in [0.15, 0.2) is 16.3 Å². The third-order valence-electron chi connectivity index (χ3n) is 3.14. The van der Waals surface area contributed by atoms with Crippen LogP contribution >= 0.6 is 11.8 Å². The van der Waals surface area contributed by atoms with Gasteiger partial charge in [0.2, 0.25) is 0 Å². The van der Waals surface area contributed by atoms with E-state index in [-0.39, 0.29) is 5.56 Å². The topological polar surface area (TPSA) is 74.4 Å². The molecule has 2 aromatic heterocycles. The molecule has 3 aromatic rings. The first-order valence-corrected chi connectivity index (χ1v) is 7.24. The minimum absolute atomic E-state index is 0.184. The highest BCUT2D eigenvalue weighted by Crippen LogP contribution is 2.22. The lowest BCUT2D eigenvalue weighted by atomic mass is 10.1. The summed E-state index contributed by atoms with van der Waals surface area (Å²) in [5.74, 6) is 0.770. The van der Waals surface area contributed by atoms with Gasteiger partial charge in [-0.15, -0.1) is 0 Å². The standard InChI is InChI=1S/C14H14N4OS/c1-8-3-4-9(2)10(5-8)6-20-14-17-12-11(13(19)18-14)15-7-16-12/h3-5,7H,6H2,1-2H3,(H2,15,16,17,18,19). The minimum Gasteiger partial charge on any atom is -0.339 e. The molecule has 0 amide bonds. The summed E-state index contributed by atoms with van der Waals surface area (Å²) in [4.78, 5) is 25.7. The fraction of sp³-hybridized carbons (Fsp3) is 0.214. The van der Waals surface area contributed by atoms with Crippen molar-refractivity contribution in [3.8, 4) is 0 Å². The molecule has 0 bridgehead atoms. The molecule has 0 aliphatic rings. The van der Waals surface area contributed by atoms with Crippen molar-refractivity contribution in [1.29, 1.82) is 0 Å². The van der Waals surface area contributed by atoms with Crippen molar-refractivity contribution < 1.29 is 0 Å². The number of aromatic amines is 2. The molecule has 20 heavy (non-hydrogen) atoms. The molecule has 5 nitrogen and oxygen atoms in total. The van der Waals surface area contributed by atoms with Crippen LogP contribution in [0.25, 0.3) is 11.2 Å². The molecule has 0 atom stereocenters. The van der Waals surface area contributed by atoms with Crippen molar-refractivity contribution in [2.75, 3.05) is 0 Å². The Kier molecular flexibility index (Phi) is 3.31. The van der Waals surface area contributed by atoms with Crippen molar-refractivity contribution in [2.45, 2.75) is 24.8 Å². The molecule has 0 aliphatic heterocycles. The van der Waals surface area contributed by atoms with E-state index in [1.807, 2.05) is 0 Å². The number of nitrogens with zero attached hydrogens (tertiary/aromatic N) is 2. The molecule has 0 fully saturated rings. The Morgan fingerprint density at radius 3 is 3.00 bits per heavy atom. The van der Waals surface area contributed by atoms with Gasteiger partial charge in [0.25, 0.3) is 5.56 Å². The lowest BCUT2D eigenvalue weighted by molar-refractivity contribution is 0.964. The fourth-order valence-electron chi connectivity index (χ4n) is 1.99. The maximum Gasteiger partial charge on any atom is 0.277 e. The van der Waals surface area contributed by atoms with Crippen molar-refractivity contribution in [3.05, 3.63) is 51.6 Å². The number of benzene rings is 1. The van der Waals surface area contributed by atoms with Crippen molar-refractivity contribution in [1.82, 2.24) is 19.9 Å². The normalized spacial score (nSPS) is 11.1. The van der Waals surface area contributed by atoms with Crippen LogP contribution in [-0.4, -0.2) is 19.9 Å². The third-order valence-corrected chi connectivity index (χ3v) is 4.07. The molecular weight excluding hydrogens is 272 g/mol. The second-order valence-corrected chi connectivity index (χ2v) is 5.65. The Labute approximate surface area is 119 Å². The van der Waals surface area contributed by atoms with Crippen LogP contribution in [0.2, 0.25) is 0 Å². The Morgan fingerprint density at radius 1 is 1.30 bits per heavy atom. The van der Waals surface area contributed by atoms with Crippen molar-refractivity contribution >= 4 is 22.9 Å². The Bertz CT molecular complexity index is 821. The molecule has 0 aliphatic carbocycles. The van der Waals surface area contributed by atoms with Gasteiger partial charge >= 0.3 is 0 Å². The smallest absolute Gasteiger partial charge is 0.277 e. The van der Waals surface area contributed by atoms with Gasteiger partial charge in [0.05, 0.1) is 6.33 Å². The first kappa shape index (κ1) is 12.9. The van der Waals surface area contributed by atoms with Gasteiger partial charge in [-0.25, -0.2) is 9.97 Å². The van der Waals surface area contributed by atoms with Crippen LogP contribution in [0.15, 0.2) is 34.5 Å². The fourth-order valence-corrected chi connectivity index (χ4v) is 2.91. The summed E-state index contributed by atoms with van der Waals surface area (Å²) >= 11 is 1.51. The molecule has 0 radical (unpaired) electrons. The van der Waals surface area contributed by atoms with E-state index in [2.05, 4.69) is 52.0 Å². The molecule has 1 aromatic carbocycles. The van der Waals surface area contributed by atoms with Crippen molar-refractivity contribution in [3.63, 3.8) is 0 Å².